The first-order chi connectivity index (χ1) is 12.6. The molecule has 2 aromatic rings. The van der Waals surface area contributed by atoms with Gasteiger partial charge in [-0.1, -0.05) is 6.07 Å². The van der Waals surface area contributed by atoms with E-state index in [4.69, 9.17) is 21.7 Å². The van der Waals surface area contributed by atoms with Gasteiger partial charge in [0.1, 0.15) is 6.04 Å². The first kappa shape index (κ1) is 17.8. The highest BCUT2D eigenvalue weighted by Gasteiger charge is 2.33. The number of hydrogen-bond acceptors (Lipinski definition) is 6. The number of thiophene rings is 1. The number of rotatable bonds is 4. The molecule has 4 rings (SSSR count). The van der Waals surface area contributed by atoms with E-state index < -0.39 is 6.04 Å². The molecule has 26 heavy (non-hydrogen) atoms. The summed E-state index contributed by atoms with van der Waals surface area (Å²) in [5.41, 5.74) is 0. The third-order valence-corrected chi connectivity index (χ3v) is 6.23. The van der Waals surface area contributed by atoms with Crippen LogP contribution < -0.4 is 0 Å². The lowest BCUT2D eigenvalue weighted by molar-refractivity contribution is -0.139. The van der Waals surface area contributed by atoms with Crippen molar-refractivity contribution in [2.24, 2.45) is 5.92 Å². The highest BCUT2D eigenvalue weighted by atomic mass is 32.1. The van der Waals surface area contributed by atoms with Gasteiger partial charge in [-0.05, 0) is 43.4 Å². The molecule has 2 aliphatic rings. The monoisotopic (exact) mass is 394 g/mol. The van der Waals surface area contributed by atoms with Crippen molar-refractivity contribution >= 4 is 29.5 Å². The van der Waals surface area contributed by atoms with Crippen LogP contribution in [0.2, 0.25) is 0 Å². The summed E-state index contributed by atoms with van der Waals surface area (Å²) in [6.45, 7) is 4.67. The molecule has 0 saturated carbocycles. The Balaban J connectivity index is 1.46. The zero-order chi connectivity index (χ0) is 18.1. The van der Waals surface area contributed by atoms with Gasteiger partial charge in [-0.3, -0.25) is 14.5 Å². The number of aromatic amines is 1. The maximum Gasteiger partial charge on any atom is 0.245 e. The smallest absolute Gasteiger partial charge is 0.245 e. The summed E-state index contributed by atoms with van der Waals surface area (Å²) in [5.74, 6) is 1.16. The summed E-state index contributed by atoms with van der Waals surface area (Å²) in [6, 6.07) is 3.55. The van der Waals surface area contributed by atoms with Crippen LogP contribution in [-0.2, 0) is 14.3 Å². The van der Waals surface area contributed by atoms with Gasteiger partial charge in [-0.25, -0.2) is 0 Å². The van der Waals surface area contributed by atoms with Crippen LogP contribution in [0.15, 0.2) is 17.5 Å². The lowest BCUT2D eigenvalue weighted by Crippen LogP contribution is -2.44. The molecule has 0 aliphatic carbocycles. The van der Waals surface area contributed by atoms with Crippen LogP contribution in [-0.4, -0.2) is 58.2 Å². The van der Waals surface area contributed by atoms with E-state index in [0.29, 0.717) is 29.7 Å². The van der Waals surface area contributed by atoms with Gasteiger partial charge in [0.05, 0.1) is 18.1 Å². The Morgan fingerprint density at radius 2 is 2.12 bits per heavy atom. The molecule has 1 N–H and O–H groups in total. The van der Waals surface area contributed by atoms with Gasteiger partial charge in [0.15, 0.2) is 16.9 Å². The lowest BCUT2D eigenvalue weighted by atomic mass is 9.96. The summed E-state index contributed by atoms with van der Waals surface area (Å²) in [7, 11) is 0. The number of aromatic nitrogens is 3. The maximum absolute atomic E-state index is 13.1. The fourth-order valence-corrected chi connectivity index (χ4v) is 4.66. The second-order valence-electron chi connectivity index (χ2n) is 6.65. The van der Waals surface area contributed by atoms with E-state index >= 15 is 0 Å². The van der Waals surface area contributed by atoms with Crippen LogP contribution in [0.5, 0.6) is 0 Å². The molecule has 0 aromatic carbocycles. The minimum absolute atomic E-state index is 0.0759. The Morgan fingerprint density at radius 3 is 2.77 bits per heavy atom. The van der Waals surface area contributed by atoms with Gasteiger partial charge in [-0.2, -0.15) is 5.10 Å². The quantitative estimate of drug-likeness (QED) is 0.808. The van der Waals surface area contributed by atoms with E-state index in [1.807, 2.05) is 33.9 Å². The Hall–Kier alpha value is -1.55. The molecule has 2 saturated heterocycles. The number of amides is 1. The van der Waals surface area contributed by atoms with Crippen LogP contribution in [0.4, 0.5) is 0 Å². The van der Waals surface area contributed by atoms with Crippen molar-refractivity contribution in [3.05, 3.63) is 22.3 Å². The van der Waals surface area contributed by atoms with E-state index in [1.54, 1.807) is 11.3 Å². The van der Waals surface area contributed by atoms with Crippen LogP contribution in [0.3, 0.4) is 0 Å². The summed E-state index contributed by atoms with van der Waals surface area (Å²) in [5, 5.41) is 9.14. The largest absolute Gasteiger partial charge is 0.350 e. The summed E-state index contributed by atoms with van der Waals surface area (Å²) in [6.07, 6.45) is 1.70. The molecular formula is C17H22N4O3S2. The minimum Gasteiger partial charge on any atom is -0.350 e. The number of nitrogens with zero attached hydrogens (tertiary/aromatic N) is 3. The number of carbonyl (C=O) groups excluding carboxylic acids is 1. The van der Waals surface area contributed by atoms with E-state index in [0.717, 1.165) is 30.8 Å². The number of likely N-dealkylation sites (tertiary alicyclic amines) is 1. The number of H-pyrrole nitrogens is 1. The van der Waals surface area contributed by atoms with Crippen molar-refractivity contribution in [2.75, 3.05) is 26.3 Å². The molecule has 140 valence electrons. The molecule has 1 unspecified atom stereocenters. The molecule has 0 radical (unpaired) electrons. The summed E-state index contributed by atoms with van der Waals surface area (Å²) < 4.78 is 13.5. The van der Waals surface area contributed by atoms with Crippen molar-refractivity contribution in [2.45, 2.75) is 32.1 Å². The second kappa shape index (κ2) is 7.59. The van der Waals surface area contributed by atoms with Crippen molar-refractivity contribution in [3.63, 3.8) is 0 Å². The third kappa shape index (κ3) is 3.36. The Morgan fingerprint density at radius 1 is 1.38 bits per heavy atom. The molecule has 2 aliphatic heterocycles. The topological polar surface area (TPSA) is 72.4 Å². The highest BCUT2D eigenvalue weighted by molar-refractivity contribution is 7.71. The third-order valence-electron chi connectivity index (χ3n) is 5.07. The van der Waals surface area contributed by atoms with Crippen molar-refractivity contribution in [1.29, 1.82) is 0 Å². The van der Waals surface area contributed by atoms with Gasteiger partial charge < -0.3 is 14.4 Å². The molecule has 0 bridgehead atoms. The van der Waals surface area contributed by atoms with Crippen LogP contribution in [0, 0.1) is 10.7 Å². The average Bonchev–Trinajstić information content (AvgIpc) is 3.41. The summed E-state index contributed by atoms with van der Waals surface area (Å²) in [4.78, 5) is 16.0. The number of hydrogen-bond donors (Lipinski definition) is 1. The molecule has 1 amide bonds. The van der Waals surface area contributed by atoms with Crippen LogP contribution >= 0.6 is 23.6 Å². The second-order valence-corrected chi connectivity index (χ2v) is 7.98. The van der Waals surface area contributed by atoms with E-state index in [9.17, 15) is 4.79 Å². The van der Waals surface area contributed by atoms with Gasteiger partial charge in [0.25, 0.3) is 0 Å². The number of ether oxygens (including phenoxy) is 2. The minimum atomic E-state index is -0.395. The van der Waals surface area contributed by atoms with E-state index in [1.165, 1.54) is 0 Å². The SMILES string of the molecule is CC(C(=O)N1CCC(C2OCCO2)CC1)n1c(-c2cccs2)n[nH]c1=S. The standard InChI is InChI=1S/C17H22N4O3S2/c1-11(21-14(18-19-17(21)25)13-3-2-10-26-13)15(22)20-6-4-12(5-7-20)16-23-8-9-24-16/h2-3,10-12,16H,4-9H2,1H3,(H,19,25). The van der Waals surface area contributed by atoms with E-state index in [2.05, 4.69) is 10.2 Å². The fourth-order valence-electron chi connectivity index (χ4n) is 3.66. The zero-order valence-electron chi connectivity index (χ0n) is 14.6. The molecule has 9 heteroatoms. The van der Waals surface area contributed by atoms with Crippen LogP contribution in [0.25, 0.3) is 10.7 Å². The van der Waals surface area contributed by atoms with Gasteiger partial charge in [0.2, 0.25) is 5.91 Å². The van der Waals surface area contributed by atoms with Gasteiger partial charge in [-0.15, -0.1) is 11.3 Å². The Labute approximate surface area is 160 Å². The molecule has 1 atom stereocenters. The molecule has 2 aromatic heterocycles. The molecule has 2 fully saturated rings. The number of carbonyl (C=O) groups is 1. The first-order valence-corrected chi connectivity index (χ1v) is 10.2. The van der Waals surface area contributed by atoms with E-state index in [-0.39, 0.29) is 12.2 Å². The number of nitrogens with one attached hydrogen (secondary N) is 1. The number of piperidine rings is 1. The lowest BCUT2D eigenvalue weighted by Gasteiger charge is -2.35. The highest BCUT2D eigenvalue weighted by Crippen LogP contribution is 2.29. The fraction of sp³-hybridized carbons (Fsp3) is 0.588. The maximum atomic E-state index is 13.1. The van der Waals surface area contributed by atoms with Crippen LogP contribution in [0.1, 0.15) is 25.8 Å². The molecular weight excluding hydrogens is 372 g/mol. The summed E-state index contributed by atoms with van der Waals surface area (Å²) >= 11 is 6.96. The predicted octanol–water partition coefficient (Wildman–Crippen LogP) is 2.84. The Bertz CT molecular complexity index is 802. The van der Waals surface area contributed by atoms with Crippen molar-refractivity contribution in [1.82, 2.24) is 19.7 Å². The predicted molar refractivity (Wildman–Crippen MR) is 100 cm³/mol. The van der Waals surface area contributed by atoms with Crippen molar-refractivity contribution in [3.8, 4) is 10.7 Å². The van der Waals surface area contributed by atoms with Gasteiger partial charge in [0, 0.05) is 19.0 Å². The molecule has 0 spiro atoms. The first-order valence-electron chi connectivity index (χ1n) is 8.88. The zero-order valence-corrected chi connectivity index (χ0v) is 16.2. The normalized spacial score (nSPS) is 20.6. The Kier molecular flexibility index (Phi) is 5.21. The molecule has 7 nitrogen and oxygen atoms in total. The molecule has 4 heterocycles. The van der Waals surface area contributed by atoms with Crippen molar-refractivity contribution < 1.29 is 14.3 Å². The average molecular weight is 395 g/mol. The van der Waals surface area contributed by atoms with Gasteiger partial charge >= 0.3 is 0 Å².